The van der Waals surface area contributed by atoms with Crippen molar-refractivity contribution in [2.75, 3.05) is 7.11 Å². The van der Waals surface area contributed by atoms with Crippen LogP contribution in [-0.2, 0) is 6.61 Å². The largest absolute Gasteiger partial charge is 0.493 e. The molecule has 0 radical (unpaired) electrons. The maximum Gasteiger partial charge on any atom is 0.205 e. The third kappa shape index (κ3) is 4.26. The van der Waals surface area contributed by atoms with Gasteiger partial charge in [0.2, 0.25) is 5.78 Å². The van der Waals surface area contributed by atoms with E-state index in [0.29, 0.717) is 29.2 Å². The average molecular weight is 422 g/mol. The van der Waals surface area contributed by atoms with Crippen molar-refractivity contribution >= 4 is 22.8 Å². The van der Waals surface area contributed by atoms with Crippen LogP contribution in [-0.4, -0.2) is 17.9 Å². The first-order valence-electron chi connectivity index (χ1n) is 10.2. The average Bonchev–Trinajstić information content (AvgIpc) is 3.17. The summed E-state index contributed by atoms with van der Waals surface area (Å²) in [6.45, 7) is 2.22. The molecule has 5 nitrogen and oxygen atoms in total. The van der Waals surface area contributed by atoms with Crippen LogP contribution in [0.4, 0.5) is 0 Å². The topological polar surface area (TPSA) is 75.1 Å². The number of nitrogens with one attached hydrogen (secondary N) is 1. The molecule has 0 saturated carbocycles. The van der Waals surface area contributed by atoms with Crippen molar-refractivity contribution in [3.8, 4) is 17.6 Å². The van der Waals surface area contributed by atoms with Gasteiger partial charge in [-0.3, -0.25) is 4.79 Å². The predicted octanol–water partition coefficient (Wildman–Crippen LogP) is 5.85. The second kappa shape index (κ2) is 9.23. The van der Waals surface area contributed by atoms with Gasteiger partial charge in [-0.25, -0.2) is 0 Å². The molecule has 3 aromatic carbocycles. The fourth-order valence-corrected chi connectivity index (χ4v) is 3.65. The second-order valence-corrected chi connectivity index (χ2v) is 7.35. The third-order valence-corrected chi connectivity index (χ3v) is 5.22. The number of ketones is 1. The number of benzene rings is 3. The number of rotatable bonds is 7. The quantitative estimate of drug-likeness (QED) is 0.230. The van der Waals surface area contributed by atoms with Crippen molar-refractivity contribution in [1.82, 2.24) is 4.98 Å². The van der Waals surface area contributed by atoms with Gasteiger partial charge in [-0.2, -0.15) is 5.26 Å². The Morgan fingerprint density at radius 2 is 1.78 bits per heavy atom. The molecule has 0 bridgehead atoms. The molecule has 32 heavy (non-hydrogen) atoms. The molecule has 0 atom stereocenters. The van der Waals surface area contributed by atoms with Crippen LogP contribution in [0.15, 0.2) is 78.4 Å². The molecule has 0 amide bonds. The molecule has 0 unspecified atom stereocenters. The van der Waals surface area contributed by atoms with Gasteiger partial charge in [0.1, 0.15) is 18.2 Å². The van der Waals surface area contributed by atoms with Crippen LogP contribution in [0.2, 0.25) is 0 Å². The van der Waals surface area contributed by atoms with E-state index in [2.05, 4.69) is 11.1 Å². The molecule has 158 valence electrons. The zero-order valence-corrected chi connectivity index (χ0v) is 17.9. The summed E-state index contributed by atoms with van der Waals surface area (Å²) in [5.74, 6) is 0.804. The number of aryl methyl sites for hydroxylation is 1. The van der Waals surface area contributed by atoms with Crippen LogP contribution >= 0.6 is 0 Å². The summed E-state index contributed by atoms with van der Waals surface area (Å²) in [5, 5.41) is 10.5. The van der Waals surface area contributed by atoms with Gasteiger partial charge in [0.25, 0.3) is 0 Å². The summed E-state index contributed by atoms with van der Waals surface area (Å²) in [6, 6.07) is 24.8. The number of allylic oxidation sites excluding steroid dienone is 1. The Kier molecular flexibility index (Phi) is 6.05. The smallest absolute Gasteiger partial charge is 0.205 e. The Balaban J connectivity index is 1.66. The Morgan fingerprint density at radius 1 is 1.03 bits per heavy atom. The normalized spacial score (nSPS) is 11.2. The highest BCUT2D eigenvalue weighted by Crippen LogP contribution is 2.31. The number of nitrogens with zero attached hydrogens (tertiary/aromatic N) is 1. The zero-order valence-electron chi connectivity index (χ0n) is 17.9. The number of ether oxygens (including phenoxy) is 2. The highest BCUT2D eigenvalue weighted by Gasteiger charge is 2.20. The molecule has 1 N–H and O–H groups in total. The number of aromatic amines is 1. The van der Waals surface area contributed by atoms with Crippen LogP contribution < -0.4 is 9.47 Å². The summed E-state index contributed by atoms with van der Waals surface area (Å²) in [6.07, 6.45) is 1.58. The minimum Gasteiger partial charge on any atom is -0.493 e. The molecule has 4 aromatic rings. The lowest BCUT2D eigenvalue weighted by Crippen LogP contribution is -2.03. The molecule has 0 saturated heterocycles. The van der Waals surface area contributed by atoms with Crippen molar-refractivity contribution in [3.63, 3.8) is 0 Å². The van der Waals surface area contributed by atoms with Gasteiger partial charge in [0.15, 0.2) is 11.5 Å². The van der Waals surface area contributed by atoms with Gasteiger partial charge < -0.3 is 14.5 Å². The van der Waals surface area contributed by atoms with Gasteiger partial charge in [-0.15, -0.1) is 0 Å². The van der Waals surface area contributed by atoms with E-state index in [-0.39, 0.29) is 11.4 Å². The number of fused-ring (bicyclic) bond motifs is 1. The van der Waals surface area contributed by atoms with Crippen molar-refractivity contribution in [3.05, 3.63) is 101 Å². The number of aromatic nitrogens is 1. The molecule has 0 aliphatic heterocycles. The van der Waals surface area contributed by atoms with Gasteiger partial charge in [0, 0.05) is 16.6 Å². The van der Waals surface area contributed by atoms with Crippen LogP contribution in [0.3, 0.4) is 0 Å². The summed E-state index contributed by atoms with van der Waals surface area (Å²) < 4.78 is 11.4. The lowest BCUT2D eigenvalue weighted by atomic mass is 9.99. The highest BCUT2D eigenvalue weighted by atomic mass is 16.5. The number of carbonyl (C=O) groups excluding carboxylic acids is 1. The van der Waals surface area contributed by atoms with E-state index in [0.717, 1.165) is 22.2 Å². The molecule has 0 aliphatic rings. The highest BCUT2D eigenvalue weighted by molar-refractivity contribution is 6.20. The number of carbonyl (C=O) groups is 1. The summed E-state index contributed by atoms with van der Waals surface area (Å²) in [4.78, 5) is 16.4. The molecule has 5 heteroatoms. The van der Waals surface area contributed by atoms with E-state index in [1.54, 1.807) is 31.4 Å². The predicted molar refractivity (Wildman–Crippen MR) is 125 cm³/mol. The molecule has 0 spiro atoms. The zero-order chi connectivity index (χ0) is 22.5. The number of H-pyrrole nitrogens is 1. The summed E-state index contributed by atoms with van der Waals surface area (Å²) in [7, 11) is 1.57. The van der Waals surface area contributed by atoms with Crippen LogP contribution in [0.25, 0.3) is 17.0 Å². The lowest BCUT2D eigenvalue weighted by molar-refractivity contribution is 0.104. The van der Waals surface area contributed by atoms with Gasteiger partial charge in [-0.1, -0.05) is 54.6 Å². The molecular formula is C27H22N2O3. The van der Waals surface area contributed by atoms with Gasteiger partial charge >= 0.3 is 0 Å². The first kappa shape index (κ1) is 21.0. The molecule has 0 fully saturated rings. The number of nitriles is 1. The summed E-state index contributed by atoms with van der Waals surface area (Å²) in [5.41, 5.74) is 3.87. The van der Waals surface area contributed by atoms with Gasteiger partial charge in [-0.05, 0) is 42.3 Å². The van der Waals surface area contributed by atoms with E-state index >= 15 is 0 Å². The Bertz CT molecular complexity index is 1340. The minimum absolute atomic E-state index is 0.0528. The van der Waals surface area contributed by atoms with Crippen LogP contribution in [0.1, 0.15) is 27.2 Å². The SMILES string of the molecule is COc1ccc(C=C(C#N)C(=O)c2c(C)[nH]c3ccccc23)cc1OCc1ccccc1. The van der Waals surface area contributed by atoms with E-state index in [9.17, 15) is 10.1 Å². The van der Waals surface area contributed by atoms with E-state index in [1.807, 2.05) is 61.5 Å². The van der Waals surface area contributed by atoms with Crippen LogP contribution in [0, 0.1) is 18.3 Å². The van der Waals surface area contributed by atoms with Crippen LogP contribution in [0.5, 0.6) is 11.5 Å². The number of Topliss-reactive ketones (excluding diaryl/α,β-unsaturated/α-hetero) is 1. The van der Waals surface area contributed by atoms with Crippen molar-refractivity contribution in [1.29, 1.82) is 5.26 Å². The monoisotopic (exact) mass is 422 g/mol. The minimum atomic E-state index is -0.315. The Morgan fingerprint density at radius 3 is 2.53 bits per heavy atom. The van der Waals surface area contributed by atoms with E-state index < -0.39 is 0 Å². The first-order valence-corrected chi connectivity index (χ1v) is 10.2. The van der Waals surface area contributed by atoms with E-state index in [4.69, 9.17) is 9.47 Å². The Labute approximate surface area is 186 Å². The molecule has 0 aliphatic carbocycles. The maximum atomic E-state index is 13.2. The number of methoxy groups -OCH3 is 1. The maximum absolute atomic E-state index is 13.2. The standard InChI is InChI=1S/C27H22N2O3/c1-18-26(22-10-6-7-11-23(22)29-18)27(30)21(16-28)14-20-12-13-24(31-2)25(15-20)32-17-19-8-4-3-5-9-19/h3-15,29H,17H2,1-2H3. The fourth-order valence-electron chi connectivity index (χ4n) is 3.65. The van der Waals surface area contributed by atoms with Crippen molar-refractivity contribution < 1.29 is 14.3 Å². The second-order valence-electron chi connectivity index (χ2n) is 7.35. The van der Waals surface area contributed by atoms with Crippen molar-refractivity contribution in [2.45, 2.75) is 13.5 Å². The molecule has 1 aromatic heterocycles. The Hall–Kier alpha value is -4.30. The van der Waals surface area contributed by atoms with E-state index in [1.165, 1.54) is 0 Å². The molecule has 1 heterocycles. The van der Waals surface area contributed by atoms with Crippen molar-refractivity contribution in [2.24, 2.45) is 0 Å². The lowest BCUT2D eigenvalue weighted by Gasteiger charge is -2.12. The number of hydrogen-bond donors (Lipinski definition) is 1. The summed E-state index contributed by atoms with van der Waals surface area (Å²) >= 11 is 0. The third-order valence-electron chi connectivity index (χ3n) is 5.22. The molecular weight excluding hydrogens is 400 g/mol. The van der Waals surface area contributed by atoms with Gasteiger partial charge in [0.05, 0.1) is 12.7 Å². The number of hydrogen-bond acceptors (Lipinski definition) is 4. The fraction of sp³-hybridized carbons (Fsp3) is 0.111. The number of para-hydroxylation sites is 1. The molecule has 4 rings (SSSR count). The first-order chi connectivity index (χ1) is 15.6.